The predicted octanol–water partition coefficient (Wildman–Crippen LogP) is 4.30. The topological polar surface area (TPSA) is 94.9 Å². The number of anilines is 2. The third-order valence-corrected chi connectivity index (χ3v) is 4.65. The van der Waals surface area contributed by atoms with Gasteiger partial charge in [0.05, 0.1) is 27.4 Å². The number of fused-ring (bicyclic) bond motifs is 1. The molecule has 8 heteroatoms. The minimum absolute atomic E-state index is 0.0960. The molecule has 0 aliphatic heterocycles. The number of nitriles is 1. The van der Waals surface area contributed by atoms with Crippen molar-refractivity contribution in [1.82, 2.24) is 4.98 Å². The van der Waals surface area contributed by atoms with Crippen molar-refractivity contribution >= 4 is 44.2 Å². The van der Waals surface area contributed by atoms with Crippen LogP contribution in [0.1, 0.15) is 35.7 Å². The van der Waals surface area contributed by atoms with Gasteiger partial charge in [-0.15, -0.1) is 0 Å². The van der Waals surface area contributed by atoms with Gasteiger partial charge in [-0.1, -0.05) is 18.3 Å². The van der Waals surface area contributed by atoms with Gasteiger partial charge in [-0.25, -0.2) is 9.37 Å². The molecule has 27 heavy (non-hydrogen) atoms. The summed E-state index contributed by atoms with van der Waals surface area (Å²) in [6, 6.07) is 10.6. The fourth-order valence-corrected chi connectivity index (χ4v) is 3.35. The molecule has 0 radical (unpaired) electrons. The maximum absolute atomic E-state index is 14.0. The Kier molecular flexibility index (Phi) is 5.43. The Morgan fingerprint density at radius 2 is 2.04 bits per heavy atom. The van der Waals surface area contributed by atoms with Crippen molar-refractivity contribution in [3.63, 3.8) is 0 Å². The van der Waals surface area contributed by atoms with Crippen LogP contribution >= 0.6 is 11.3 Å². The summed E-state index contributed by atoms with van der Waals surface area (Å²) in [5.74, 6) is -1.47. The number of benzene rings is 2. The van der Waals surface area contributed by atoms with Gasteiger partial charge in [-0.05, 0) is 42.8 Å². The van der Waals surface area contributed by atoms with Crippen molar-refractivity contribution in [3.05, 3.63) is 53.3 Å². The number of rotatable bonds is 5. The minimum Gasteiger partial charge on any atom is -0.322 e. The summed E-state index contributed by atoms with van der Waals surface area (Å²) in [5.41, 5.74) is 1.17. The van der Waals surface area contributed by atoms with Crippen LogP contribution < -0.4 is 10.6 Å². The monoisotopic (exact) mass is 382 g/mol. The van der Waals surface area contributed by atoms with E-state index in [0.29, 0.717) is 22.8 Å². The number of halogens is 1. The lowest BCUT2D eigenvalue weighted by Crippen LogP contribution is -2.13. The zero-order valence-electron chi connectivity index (χ0n) is 14.4. The Balaban J connectivity index is 1.78. The number of nitrogens with zero attached hydrogens (tertiary/aromatic N) is 2. The molecule has 0 spiro atoms. The highest BCUT2D eigenvalue weighted by atomic mass is 32.1. The van der Waals surface area contributed by atoms with Crippen LogP contribution in [-0.4, -0.2) is 16.8 Å². The molecule has 0 aliphatic rings. The molecular formula is C19H15FN4O2S. The molecule has 3 rings (SSSR count). The van der Waals surface area contributed by atoms with E-state index in [1.54, 1.807) is 18.2 Å². The van der Waals surface area contributed by atoms with Gasteiger partial charge < -0.3 is 10.6 Å². The fraction of sp³-hybridized carbons (Fsp3) is 0.158. The van der Waals surface area contributed by atoms with Crippen molar-refractivity contribution in [3.8, 4) is 6.07 Å². The molecule has 6 nitrogen and oxygen atoms in total. The summed E-state index contributed by atoms with van der Waals surface area (Å²) in [5, 5.41) is 14.6. The second-order valence-corrected chi connectivity index (χ2v) is 6.79. The quantitative estimate of drug-likeness (QED) is 0.688. The Morgan fingerprint density at radius 3 is 2.74 bits per heavy atom. The molecule has 0 atom stereocenters. The first kappa shape index (κ1) is 18.5. The first-order chi connectivity index (χ1) is 13.0. The van der Waals surface area contributed by atoms with Gasteiger partial charge in [-0.2, -0.15) is 5.26 Å². The highest BCUT2D eigenvalue weighted by Crippen LogP contribution is 2.28. The molecule has 1 heterocycles. The SMILES string of the molecule is CCCC(=O)Nc1nc2ccc(NC(=O)c3ccc(C#N)cc3F)cc2s1. The first-order valence-corrected chi connectivity index (χ1v) is 9.03. The van der Waals surface area contributed by atoms with Gasteiger partial charge >= 0.3 is 0 Å². The number of aromatic nitrogens is 1. The largest absolute Gasteiger partial charge is 0.322 e. The van der Waals surface area contributed by atoms with Crippen LogP contribution in [0.2, 0.25) is 0 Å². The average molecular weight is 382 g/mol. The number of hydrogen-bond acceptors (Lipinski definition) is 5. The van der Waals surface area contributed by atoms with Crippen LogP contribution in [0.25, 0.3) is 10.2 Å². The van der Waals surface area contributed by atoms with E-state index in [-0.39, 0.29) is 17.0 Å². The lowest BCUT2D eigenvalue weighted by molar-refractivity contribution is -0.116. The van der Waals surface area contributed by atoms with Gasteiger partial charge in [0.25, 0.3) is 5.91 Å². The molecule has 0 fully saturated rings. The van der Waals surface area contributed by atoms with Gasteiger partial charge in [0.2, 0.25) is 5.91 Å². The van der Waals surface area contributed by atoms with Crippen LogP contribution in [0.4, 0.5) is 15.2 Å². The van der Waals surface area contributed by atoms with Crippen molar-refractivity contribution in [1.29, 1.82) is 5.26 Å². The van der Waals surface area contributed by atoms with E-state index < -0.39 is 11.7 Å². The van der Waals surface area contributed by atoms with Crippen LogP contribution in [0.15, 0.2) is 36.4 Å². The molecule has 0 saturated heterocycles. The van der Waals surface area contributed by atoms with Crippen molar-refractivity contribution in [2.75, 3.05) is 10.6 Å². The zero-order valence-corrected chi connectivity index (χ0v) is 15.2. The van der Waals surface area contributed by atoms with Gasteiger partial charge in [0.15, 0.2) is 5.13 Å². The van der Waals surface area contributed by atoms with E-state index in [4.69, 9.17) is 5.26 Å². The van der Waals surface area contributed by atoms with E-state index >= 15 is 0 Å². The molecule has 0 bridgehead atoms. The highest BCUT2D eigenvalue weighted by Gasteiger charge is 2.14. The lowest BCUT2D eigenvalue weighted by Gasteiger charge is -2.06. The number of carbonyl (C=O) groups is 2. The first-order valence-electron chi connectivity index (χ1n) is 8.21. The van der Waals surface area contributed by atoms with Crippen LogP contribution in [-0.2, 0) is 4.79 Å². The van der Waals surface area contributed by atoms with E-state index in [9.17, 15) is 14.0 Å². The molecule has 2 amide bonds. The Labute approximate surface area is 158 Å². The number of carbonyl (C=O) groups excluding carboxylic acids is 2. The second-order valence-electron chi connectivity index (χ2n) is 5.76. The van der Waals surface area contributed by atoms with Crippen LogP contribution in [0, 0.1) is 17.1 Å². The molecular weight excluding hydrogens is 367 g/mol. The molecule has 136 valence electrons. The maximum Gasteiger partial charge on any atom is 0.258 e. The van der Waals surface area contributed by atoms with E-state index in [1.807, 2.05) is 13.0 Å². The van der Waals surface area contributed by atoms with Crippen molar-refractivity contribution in [2.24, 2.45) is 0 Å². The third kappa shape index (κ3) is 4.27. The zero-order chi connectivity index (χ0) is 19.4. The summed E-state index contributed by atoms with van der Waals surface area (Å²) >= 11 is 1.29. The maximum atomic E-state index is 14.0. The third-order valence-electron chi connectivity index (χ3n) is 3.71. The average Bonchev–Trinajstić information content (AvgIpc) is 3.02. The lowest BCUT2D eigenvalue weighted by atomic mass is 10.1. The number of thiazole rings is 1. The summed E-state index contributed by atoms with van der Waals surface area (Å²) in [4.78, 5) is 28.3. The molecule has 3 aromatic rings. The Bertz CT molecular complexity index is 1070. The smallest absolute Gasteiger partial charge is 0.258 e. The Morgan fingerprint density at radius 1 is 1.22 bits per heavy atom. The Hall–Kier alpha value is -3.31. The van der Waals surface area contributed by atoms with Crippen LogP contribution in [0.5, 0.6) is 0 Å². The number of hydrogen-bond donors (Lipinski definition) is 2. The molecule has 1 aromatic heterocycles. The van der Waals surface area contributed by atoms with E-state index in [1.165, 1.54) is 23.5 Å². The molecule has 2 aromatic carbocycles. The molecule has 2 N–H and O–H groups in total. The molecule has 0 unspecified atom stereocenters. The predicted molar refractivity (Wildman–Crippen MR) is 102 cm³/mol. The van der Waals surface area contributed by atoms with E-state index in [2.05, 4.69) is 15.6 Å². The summed E-state index contributed by atoms with van der Waals surface area (Å²) < 4.78 is 14.7. The summed E-state index contributed by atoms with van der Waals surface area (Å²) in [6.45, 7) is 1.92. The molecule has 0 aliphatic carbocycles. The van der Waals surface area contributed by atoms with Crippen LogP contribution in [0.3, 0.4) is 0 Å². The van der Waals surface area contributed by atoms with E-state index in [0.717, 1.165) is 17.2 Å². The summed E-state index contributed by atoms with van der Waals surface area (Å²) in [7, 11) is 0. The minimum atomic E-state index is -0.758. The fourth-order valence-electron chi connectivity index (χ4n) is 2.43. The van der Waals surface area contributed by atoms with Crippen molar-refractivity contribution < 1.29 is 14.0 Å². The number of amides is 2. The van der Waals surface area contributed by atoms with Gasteiger partial charge in [-0.3, -0.25) is 9.59 Å². The second kappa shape index (κ2) is 7.93. The van der Waals surface area contributed by atoms with Crippen molar-refractivity contribution in [2.45, 2.75) is 19.8 Å². The number of nitrogens with one attached hydrogen (secondary N) is 2. The normalized spacial score (nSPS) is 10.4. The van der Waals surface area contributed by atoms with Gasteiger partial charge in [0.1, 0.15) is 5.82 Å². The summed E-state index contributed by atoms with van der Waals surface area (Å²) in [6.07, 6.45) is 1.17. The molecule has 0 saturated carbocycles. The van der Waals surface area contributed by atoms with Gasteiger partial charge in [0, 0.05) is 12.1 Å². The standard InChI is InChI=1S/C19H15FN4O2S/c1-2-3-17(25)24-19-23-15-7-5-12(9-16(15)27-19)22-18(26)13-6-4-11(10-21)8-14(13)20/h4-9H,2-3H2,1H3,(H,22,26)(H,23,24,25). The highest BCUT2D eigenvalue weighted by molar-refractivity contribution is 7.22.